The molecule has 0 saturated carbocycles. The molecule has 2 rings (SSSR count). The summed E-state index contributed by atoms with van der Waals surface area (Å²) >= 11 is 0. The van der Waals surface area contributed by atoms with Crippen molar-refractivity contribution in [1.29, 1.82) is 0 Å². The van der Waals surface area contributed by atoms with Gasteiger partial charge < -0.3 is 4.74 Å². The summed E-state index contributed by atoms with van der Waals surface area (Å²) in [6.07, 6.45) is -0.631. The average Bonchev–Trinajstić information content (AvgIpc) is 2.45. The minimum atomic E-state index is -2.35. The maximum Gasteiger partial charge on any atom is 0.268 e. The molecule has 112 valence electrons. The van der Waals surface area contributed by atoms with Crippen LogP contribution in [0, 0.1) is 29.1 Å². The Labute approximate surface area is 114 Å². The van der Waals surface area contributed by atoms with Crippen molar-refractivity contribution in [1.82, 2.24) is 0 Å². The lowest BCUT2D eigenvalue weighted by molar-refractivity contribution is 0.238. The molecule has 0 atom stereocenters. The van der Waals surface area contributed by atoms with Crippen LogP contribution in [-0.2, 0) is 0 Å². The summed E-state index contributed by atoms with van der Waals surface area (Å²) in [5.41, 5.74) is -4.94. The molecule has 21 heavy (non-hydrogen) atoms. The van der Waals surface area contributed by atoms with Crippen molar-refractivity contribution in [3.05, 3.63) is 49.5 Å². The number of hydrogen-bond donors (Lipinski definition) is 0. The Morgan fingerprint density at radius 2 is 1.14 bits per heavy atom. The fourth-order valence-corrected chi connectivity index (χ4v) is 1.77. The molecule has 3 nitrogen and oxygen atoms in total. The highest BCUT2D eigenvalue weighted by atomic mass is 19.2. The van der Waals surface area contributed by atoms with Gasteiger partial charge in [-0.3, -0.25) is 9.59 Å². The zero-order chi connectivity index (χ0) is 16.1. The fraction of sp³-hybridized carbons (Fsp3) is 0.231. The second-order valence-corrected chi connectivity index (χ2v) is 4.47. The fourth-order valence-electron chi connectivity index (χ4n) is 1.77. The van der Waals surface area contributed by atoms with Crippen molar-refractivity contribution in [2.45, 2.75) is 20.0 Å². The van der Waals surface area contributed by atoms with Crippen LogP contribution in [0.4, 0.5) is 22.0 Å². The minimum Gasteiger partial charge on any atom is -0.486 e. The zero-order valence-corrected chi connectivity index (χ0v) is 10.7. The number of ether oxygens (including phenoxy) is 1. The Hall–Kier alpha value is -2.25. The normalized spacial score (nSPS) is 11.4. The number of halogens is 5. The van der Waals surface area contributed by atoms with Crippen molar-refractivity contribution in [2.24, 2.45) is 0 Å². The zero-order valence-electron chi connectivity index (χ0n) is 10.7. The monoisotopic (exact) mass is 306 g/mol. The van der Waals surface area contributed by atoms with Gasteiger partial charge >= 0.3 is 0 Å². The van der Waals surface area contributed by atoms with Gasteiger partial charge in [0.1, 0.15) is 0 Å². The molecule has 0 radical (unpaired) electrons. The lowest BCUT2D eigenvalue weighted by Gasteiger charge is -2.16. The van der Waals surface area contributed by atoms with Gasteiger partial charge in [-0.1, -0.05) is 0 Å². The lowest BCUT2D eigenvalue weighted by Crippen LogP contribution is -2.36. The second kappa shape index (κ2) is 4.94. The molecular formula is C13H7F5O3. The summed E-state index contributed by atoms with van der Waals surface area (Å²) in [4.78, 5) is 22.7. The van der Waals surface area contributed by atoms with Crippen molar-refractivity contribution in [3.8, 4) is 16.9 Å². The third-order valence-corrected chi connectivity index (χ3v) is 2.68. The summed E-state index contributed by atoms with van der Waals surface area (Å²) in [6, 6.07) is 0. The van der Waals surface area contributed by atoms with Gasteiger partial charge in [0.2, 0.25) is 11.2 Å². The third kappa shape index (κ3) is 2.10. The van der Waals surface area contributed by atoms with Gasteiger partial charge in [-0.15, -0.1) is 0 Å². The molecule has 0 saturated heterocycles. The van der Waals surface area contributed by atoms with E-state index in [1.807, 2.05) is 0 Å². The van der Waals surface area contributed by atoms with E-state index in [2.05, 4.69) is 0 Å². The van der Waals surface area contributed by atoms with Gasteiger partial charge in [-0.25, -0.2) is 22.0 Å². The van der Waals surface area contributed by atoms with E-state index in [0.717, 1.165) is 0 Å². The van der Waals surface area contributed by atoms with Gasteiger partial charge in [-0.05, 0) is 13.8 Å². The third-order valence-electron chi connectivity index (χ3n) is 2.68. The van der Waals surface area contributed by atoms with E-state index in [1.165, 1.54) is 13.8 Å². The van der Waals surface area contributed by atoms with E-state index in [1.54, 1.807) is 0 Å². The van der Waals surface area contributed by atoms with E-state index >= 15 is 0 Å². The summed E-state index contributed by atoms with van der Waals surface area (Å²) in [5.74, 6) is -11.8. The lowest BCUT2D eigenvalue weighted by atomic mass is 9.98. The molecule has 0 spiro atoms. The minimum absolute atomic E-state index is 0.631. The Kier molecular flexibility index (Phi) is 3.56. The maximum atomic E-state index is 13.6. The quantitative estimate of drug-likeness (QED) is 0.379. The molecule has 0 amide bonds. The summed E-state index contributed by atoms with van der Waals surface area (Å²) in [7, 11) is 0. The number of hydrogen-bond acceptors (Lipinski definition) is 3. The van der Waals surface area contributed by atoms with Crippen LogP contribution >= 0.6 is 0 Å². The number of rotatable bonds is 3. The van der Waals surface area contributed by atoms with Crippen LogP contribution in [0.3, 0.4) is 0 Å². The van der Waals surface area contributed by atoms with Crippen molar-refractivity contribution < 1.29 is 26.7 Å². The van der Waals surface area contributed by atoms with Gasteiger partial charge in [0.05, 0.1) is 17.2 Å². The molecular weight excluding hydrogens is 299 g/mol. The molecule has 0 heterocycles. The van der Waals surface area contributed by atoms with Crippen LogP contribution in [0.25, 0.3) is 11.1 Å². The first kappa shape index (κ1) is 15.1. The predicted molar refractivity (Wildman–Crippen MR) is 62.3 cm³/mol. The van der Waals surface area contributed by atoms with Gasteiger partial charge in [0, 0.05) is 0 Å². The van der Waals surface area contributed by atoms with Gasteiger partial charge in [0.25, 0.3) is 5.43 Å². The van der Waals surface area contributed by atoms with Crippen molar-refractivity contribution in [3.63, 3.8) is 0 Å². The first-order valence-electron chi connectivity index (χ1n) is 5.70. The van der Waals surface area contributed by atoms with E-state index < -0.39 is 62.9 Å². The predicted octanol–water partition coefficient (Wildman–Crippen LogP) is 2.43. The first-order chi connectivity index (χ1) is 9.68. The molecule has 0 aliphatic carbocycles. The Bertz CT molecular complexity index is 774. The molecule has 2 aromatic rings. The van der Waals surface area contributed by atoms with Crippen LogP contribution in [0.5, 0.6) is 5.75 Å². The maximum absolute atomic E-state index is 13.6. The largest absolute Gasteiger partial charge is 0.486 e. The first-order valence-corrected chi connectivity index (χ1v) is 5.70. The van der Waals surface area contributed by atoms with E-state index in [9.17, 15) is 31.5 Å². The van der Waals surface area contributed by atoms with E-state index in [0.29, 0.717) is 0 Å². The Morgan fingerprint density at radius 3 is 1.57 bits per heavy atom. The molecule has 2 aromatic carbocycles. The van der Waals surface area contributed by atoms with Crippen LogP contribution in [-0.4, -0.2) is 6.10 Å². The Morgan fingerprint density at radius 1 is 0.714 bits per heavy atom. The average molecular weight is 306 g/mol. The van der Waals surface area contributed by atoms with Crippen LogP contribution in [0.15, 0.2) is 9.59 Å². The Balaban J connectivity index is 2.79. The molecule has 0 aromatic heterocycles. The molecule has 0 bridgehead atoms. The second-order valence-electron chi connectivity index (χ2n) is 4.47. The van der Waals surface area contributed by atoms with Gasteiger partial charge in [0.15, 0.2) is 29.0 Å². The van der Waals surface area contributed by atoms with E-state index in [4.69, 9.17) is 4.74 Å². The molecule has 0 N–H and O–H groups in total. The summed E-state index contributed by atoms with van der Waals surface area (Å²) in [6.45, 7) is 2.92. The smallest absolute Gasteiger partial charge is 0.268 e. The highest BCUT2D eigenvalue weighted by Gasteiger charge is 2.34. The van der Waals surface area contributed by atoms with E-state index in [-0.39, 0.29) is 0 Å². The summed E-state index contributed by atoms with van der Waals surface area (Å²) in [5, 5.41) is 0. The van der Waals surface area contributed by atoms with Crippen LogP contribution < -0.4 is 15.6 Å². The highest BCUT2D eigenvalue weighted by molar-refractivity contribution is 5.75. The van der Waals surface area contributed by atoms with Crippen molar-refractivity contribution in [2.75, 3.05) is 0 Å². The molecule has 0 unspecified atom stereocenters. The molecule has 0 aliphatic heterocycles. The van der Waals surface area contributed by atoms with Crippen molar-refractivity contribution >= 4 is 0 Å². The SMILES string of the molecule is CC(C)Oc1c(-c2c(F)c(F)c(F)c(F)c2F)c(=O)c1=O. The van der Waals surface area contributed by atoms with Crippen LogP contribution in [0.2, 0.25) is 0 Å². The van der Waals surface area contributed by atoms with Gasteiger partial charge in [-0.2, -0.15) is 0 Å². The molecule has 8 heteroatoms. The summed E-state index contributed by atoms with van der Waals surface area (Å²) < 4.78 is 71.3. The molecule has 0 fully saturated rings. The standard InChI is InChI=1S/C13H7F5O3/c1-3(2)21-13-5(11(19)12(13)20)4-6(14)8(16)10(18)9(17)7(4)15/h3H,1-2H3. The topological polar surface area (TPSA) is 43.4 Å². The highest BCUT2D eigenvalue weighted by Crippen LogP contribution is 2.34. The van der Waals surface area contributed by atoms with Crippen LogP contribution in [0.1, 0.15) is 13.8 Å². The number of benzene rings is 1. The molecule has 0 aliphatic rings.